The minimum atomic E-state index is -0.777. The smallest absolute Gasteiger partial charge is 0.315 e. The van der Waals surface area contributed by atoms with Crippen molar-refractivity contribution < 1.29 is 14.3 Å². The number of esters is 1. The van der Waals surface area contributed by atoms with Crippen molar-refractivity contribution in [1.82, 2.24) is 0 Å². The van der Waals surface area contributed by atoms with Gasteiger partial charge < -0.3 is 9.64 Å². The molecule has 32 heavy (non-hydrogen) atoms. The first-order valence-corrected chi connectivity index (χ1v) is 11.0. The van der Waals surface area contributed by atoms with Crippen LogP contribution in [0.15, 0.2) is 78.9 Å². The van der Waals surface area contributed by atoms with Crippen LogP contribution in [0.4, 0.5) is 5.69 Å². The second-order valence-electron chi connectivity index (χ2n) is 9.01. The zero-order valence-corrected chi connectivity index (χ0v) is 19.2. The molecule has 5 heteroatoms. The van der Waals surface area contributed by atoms with Crippen molar-refractivity contribution in [2.75, 3.05) is 4.90 Å². The number of hydrogen-bond donors (Lipinski definition) is 0. The number of ether oxygens (including phenoxy) is 1. The standard InChI is InChI=1S/C27H26ClNO3/c1-27(2,3)32-26(31)23(19-12-8-5-9-13-19)24-21-16-20(28)14-15-22(21)29(25(24)30)17-18-10-6-4-7-11-18/h4-16,23-24H,17H2,1-3H3. The third-order valence-electron chi connectivity index (χ3n) is 5.48. The topological polar surface area (TPSA) is 46.6 Å². The average molecular weight is 448 g/mol. The number of carbonyl (C=O) groups is 2. The Morgan fingerprint density at radius 1 is 1.00 bits per heavy atom. The highest BCUT2D eigenvalue weighted by Crippen LogP contribution is 2.47. The number of fused-ring (bicyclic) bond motifs is 1. The van der Waals surface area contributed by atoms with Crippen LogP contribution in [0.5, 0.6) is 0 Å². The number of carbonyl (C=O) groups excluding carboxylic acids is 2. The van der Waals surface area contributed by atoms with E-state index >= 15 is 0 Å². The Morgan fingerprint density at radius 3 is 2.25 bits per heavy atom. The van der Waals surface area contributed by atoms with Crippen LogP contribution in [0.2, 0.25) is 5.02 Å². The van der Waals surface area contributed by atoms with Crippen LogP contribution in [-0.4, -0.2) is 17.5 Å². The van der Waals surface area contributed by atoms with Gasteiger partial charge >= 0.3 is 5.97 Å². The maximum absolute atomic E-state index is 13.8. The van der Waals surface area contributed by atoms with Crippen LogP contribution in [0.25, 0.3) is 0 Å². The van der Waals surface area contributed by atoms with E-state index in [9.17, 15) is 9.59 Å². The largest absolute Gasteiger partial charge is 0.459 e. The number of hydrogen-bond acceptors (Lipinski definition) is 3. The first kappa shape index (κ1) is 22.1. The number of rotatable bonds is 5. The Bertz CT molecular complexity index is 1120. The second kappa shape index (κ2) is 8.79. The highest BCUT2D eigenvalue weighted by Gasteiger charge is 2.46. The van der Waals surface area contributed by atoms with Crippen LogP contribution in [0, 0.1) is 0 Å². The molecule has 2 unspecified atom stereocenters. The van der Waals surface area contributed by atoms with E-state index in [0.717, 1.165) is 22.4 Å². The molecule has 1 aliphatic rings. The molecule has 2 atom stereocenters. The lowest BCUT2D eigenvalue weighted by Crippen LogP contribution is -2.35. The van der Waals surface area contributed by atoms with Gasteiger partial charge in [-0.1, -0.05) is 72.3 Å². The van der Waals surface area contributed by atoms with E-state index in [4.69, 9.17) is 16.3 Å². The van der Waals surface area contributed by atoms with Crippen molar-refractivity contribution in [2.45, 2.75) is 44.8 Å². The maximum Gasteiger partial charge on any atom is 0.315 e. The molecule has 1 heterocycles. The quantitative estimate of drug-likeness (QED) is 0.444. The molecule has 4 nitrogen and oxygen atoms in total. The predicted octanol–water partition coefficient (Wildman–Crippen LogP) is 6.10. The summed E-state index contributed by atoms with van der Waals surface area (Å²) >= 11 is 6.34. The summed E-state index contributed by atoms with van der Waals surface area (Å²) < 4.78 is 5.77. The van der Waals surface area contributed by atoms with Gasteiger partial charge in [0.2, 0.25) is 5.91 Å². The van der Waals surface area contributed by atoms with Gasteiger partial charge in [0, 0.05) is 10.7 Å². The molecule has 0 bridgehead atoms. The monoisotopic (exact) mass is 447 g/mol. The first-order chi connectivity index (χ1) is 15.2. The lowest BCUT2D eigenvalue weighted by atomic mass is 9.82. The lowest BCUT2D eigenvalue weighted by molar-refractivity contribution is -0.158. The highest BCUT2D eigenvalue weighted by atomic mass is 35.5. The summed E-state index contributed by atoms with van der Waals surface area (Å²) in [5, 5.41) is 0.527. The van der Waals surface area contributed by atoms with Gasteiger partial charge in [-0.15, -0.1) is 0 Å². The third-order valence-corrected chi connectivity index (χ3v) is 5.72. The third kappa shape index (κ3) is 4.56. The predicted molar refractivity (Wildman–Crippen MR) is 127 cm³/mol. The molecule has 0 N–H and O–H groups in total. The zero-order valence-electron chi connectivity index (χ0n) is 18.4. The fraction of sp³-hybridized carbons (Fsp3) is 0.259. The molecule has 3 aromatic carbocycles. The van der Waals surface area contributed by atoms with Crippen molar-refractivity contribution in [3.63, 3.8) is 0 Å². The Balaban J connectivity index is 1.81. The van der Waals surface area contributed by atoms with Crippen molar-refractivity contribution in [3.8, 4) is 0 Å². The summed E-state index contributed by atoms with van der Waals surface area (Å²) in [6.07, 6.45) is 0. The Morgan fingerprint density at radius 2 is 1.62 bits per heavy atom. The summed E-state index contributed by atoms with van der Waals surface area (Å²) in [6.45, 7) is 5.91. The molecule has 164 valence electrons. The van der Waals surface area contributed by atoms with Crippen LogP contribution < -0.4 is 4.90 Å². The van der Waals surface area contributed by atoms with E-state index in [-0.39, 0.29) is 5.91 Å². The average Bonchev–Trinajstić information content (AvgIpc) is 3.00. The molecule has 1 amide bonds. The normalized spacial score (nSPS) is 16.6. The van der Waals surface area contributed by atoms with Gasteiger partial charge in [0.1, 0.15) is 5.60 Å². The highest BCUT2D eigenvalue weighted by molar-refractivity contribution is 6.31. The summed E-state index contributed by atoms with van der Waals surface area (Å²) in [5.74, 6) is -2.05. The van der Waals surface area contributed by atoms with Crippen LogP contribution in [-0.2, 0) is 20.9 Å². The van der Waals surface area contributed by atoms with Crippen molar-refractivity contribution in [2.24, 2.45) is 0 Å². The molecule has 0 saturated heterocycles. The number of anilines is 1. The van der Waals surface area contributed by atoms with E-state index in [1.807, 2.05) is 87.5 Å². The van der Waals surface area contributed by atoms with Gasteiger partial charge in [-0.3, -0.25) is 9.59 Å². The van der Waals surface area contributed by atoms with Gasteiger partial charge in [0.05, 0.1) is 18.4 Å². The molecule has 0 radical (unpaired) electrons. The first-order valence-electron chi connectivity index (χ1n) is 10.7. The molecule has 0 fully saturated rings. The molecule has 3 aromatic rings. The zero-order chi connectivity index (χ0) is 22.9. The van der Waals surface area contributed by atoms with E-state index in [2.05, 4.69) is 0 Å². The Hall–Kier alpha value is -3.11. The van der Waals surface area contributed by atoms with Crippen LogP contribution in [0.3, 0.4) is 0 Å². The van der Waals surface area contributed by atoms with E-state index in [0.29, 0.717) is 11.6 Å². The van der Waals surface area contributed by atoms with Gasteiger partial charge in [-0.05, 0) is 55.7 Å². The number of halogens is 1. The van der Waals surface area contributed by atoms with Crippen molar-refractivity contribution in [3.05, 3.63) is 101 Å². The van der Waals surface area contributed by atoms with E-state index in [1.165, 1.54) is 0 Å². The molecule has 4 rings (SSSR count). The molecule has 0 saturated carbocycles. The van der Waals surface area contributed by atoms with E-state index in [1.54, 1.807) is 17.0 Å². The van der Waals surface area contributed by atoms with Gasteiger partial charge in [0.15, 0.2) is 0 Å². The summed E-state index contributed by atoms with van der Waals surface area (Å²) in [6, 6.07) is 24.6. The molecular formula is C27H26ClNO3. The van der Waals surface area contributed by atoms with Crippen LogP contribution >= 0.6 is 11.6 Å². The van der Waals surface area contributed by atoms with Crippen LogP contribution in [0.1, 0.15) is 49.3 Å². The molecule has 1 aliphatic heterocycles. The fourth-order valence-electron chi connectivity index (χ4n) is 4.18. The maximum atomic E-state index is 13.8. The van der Waals surface area contributed by atoms with Gasteiger partial charge in [-0.2, -0.15) is 0 Å². The minimum absolute atomic E-state index is 0.133. The van der Waals surface area contributed by atoms with E-state index < -0.39 is 23.4 Å². The van der Waals surface area contributed by atoms with Gasteiger partial charge in [-0.25, -0.2) is 0 Å². The summed E-state index contributed by atoms with van der Waals surface area (Å²) in [5.41, 5.74) is 2.60. The second-order valence-corrected chi connectivity index (χ2v) is 9.45. The minimum Gasteiger partial charge on any atom is -0.459 e. The van der Waals surface area contributed by atoms with Gasteiger partial charge in [0.25, 0.3) is 0 Å². The SMILES string of the molecule is CC(C)(C)OC(=O)C(c1ccccc1)C1C(=O)N(Cc2ccccc2)c2ccc(Cl)cc21. The summed E-state index contributed by atoms with van der Waals surface area (Å²) in [7, 11) is 0. The number of nitrogens with zero attached hydrogens (tertiary/aromatic N) is 1. The Labute approximate surface area is 193 Å². The van der Waals surface area contributed by atoms with Crippen molar-refractivity contribution in [1.29, 1.82) is 0 Å². The number of benzene rings is 3. The molecule has 0 aromatic heterocycles. The summed E-state index contributed by atoms with van der Waals surface area (Å²) in [4.78, 5) is 29.0. The fourth-order valence-corrected chi connectivity index (χ4v) is 4.36. The lowest BCUT2D eigenvalue weighted by Gasteiger charge is -2.27. The number of amides is 1. The molecular weight excluding hydrogens is 422 g/mol. The molecule has 0 spiro atoms. The molecule has 0 aliphatic carbocycles. The van der Waals surface area contributed by atoms with Crippen molar-refractivity contribution >= 4 is 29.2 Å². The Kier molecular flexibility index (Phi) is 6.07.